The molecule has 0 radical (unpaired) electrons. The molecule has 0 unspecified atom stereocenters. The summed E-state index contributed by atoms with van der Waals surface area (Å²) in [4.78, 5) is 6.09. The lowest BCUT2D eigenvalue weighted by atomic mass is 10.1. The SMILES string of the molecule is Cc1cc(N)c(N(C)c2ccncc2)cc1C. The van der Waals surface area contributed by atoms with Crippen molar-refractivity contribution in [2.45, 2.75) is 13.8 Å². The Balaban J connectivity index is 2.44. The summed E-state index contributed by atoms with van der Waals surface area (Å²) < 4.78 is 0. The van der Waals surface area contributed by atoms with Crippen LogP contribution in [0.25, 0.3) is 0 Å². The van der Waals surface area contributed by atoms with E-state index >= 15 is 0 Å². The van der Waals surface area contributed by atoms with Gasteiger partial charge in [-0.15, -0.1) is 0 Å². The van der Waals surface area contributed by atoms with E-state index in [1.807, 2.05) is 25.2 Å². The van der Waals surface area contributed by atoms with E-state index in [1.54, 1.807) is 12.4 Å². The van der Waals surface area contributed by atoms with Gasteiger partial charge in [0, 0.05) is 25.1 Å². The van der Waals surface area contributed by atoms with Gasteiger partial charge in [-0.3, -0.25) is 4.98 Å². The van der Waals surface area contributed by atoms with Crippen molar-refractivity contribution in [3.05, 3.63) is 47.8 Å². The van der Waals surface area contributed by atoms with Gasteiger partial charge in [-0.05, 0) is 49.2 Å². The molecule has 0 aliphatic rings. The third-order valence-electron chi connectivity index (χ3n) is 3.05. The maximum atomic E-state index is 6.07. The van der Waals surface area contributed by atoms with Gasteiger partial charge >= 0.3 is 0 Å². The molecule has 0 aliphatic carbocycles. The number of aromatic nitrogens is 1. The van der Waals surface area contributed by atoms with E-state index in [1.165, 1.54) is 11.1 Å². The van der Waals surface area contributed by atoms with Crippen LogP contribution in [0.15, 0.2) is 36.7 Å². The van der Waals surface area contributed by atoms with Crippen molar-refractivity contribution in [2.24, 2.45) is 0 Å². The first-order valence-corrected chi connectivity index (χ1v) is 5.60. The Morgan fingerprint density at radius 3 is 2.29 bits per heavy atom. The molecule has 0 spiro atoms. The molecule has 88 valence electrons. The summed E-state index contributed by atoms with van der Waals surface area (Å²) in [5.41, 5.74) is 11.4. The molecule has 0 amide bonds. The van der Waals surface area contributed by atoms with Crippen molar-refractivity contribution in [3.63, 3.8) is 0 Å². The molecule has 0 saturated carbocycles. The third kappa shape index (κ3) is 2.23. The fraction of sp³-hybridized carbons (Fsp3) is 0.214. The maximum Gasteiger partial charge on any atom is 0.0644 e. The second-order valence-corrected chi connectivity index (χ2v) is 4.26. The number of aryl methyl sites for hydroxylation is 2. The van der Waals surface area contributed by atoms with E-state index in [4.69, 9.17) is 5.73 Å². The van der Waals surface area contributed by atoms with Gasteiger partial charge in [-0.25, -0.2) is 0 Å². The lowest BCUT2D eigenvalue weighted by Crippen LogP contribution is -2.12. The van der Waals surface area contributed by atoms with E-state index in [2.05, 4.69) is 29.8 Å². The molecular weight excluding hydrogens is 210 g/mol. The average Bonchev–Trinajstić information content (AvgIpc) is 2.34. The van der Waals surface area contributed by atoms with Crippen molar-refractivity contribution in [1.29, 1.82) is 0 Å². The van der Waals surface area contributed by atoms with Crippen molar-refractivity contribution in [2.75, 3.05) is 17.7 Å². The first kappa shape index (κ1) is 11.5. The lowest BCUT2D eigenvalue weighted by Gasteiger charge is -2.22. The normalized spacial score (nSPS) is 10.3. The van der Waals surface area contributed by atoms with Gasteiger partial charge in [-0.2, -0.15) is 0 Å². The number of hydrogen-bond acceptors (Lipinski definition) is 3. The number of nitrogens with two attached hydrogens (primary N) is 1. The summed E-state index contributed by atoms with van der Waals surface area (Å²) in [5.74, 6) is 0. The predicted molar refractivity (Wildman–Crippen MR) is 72.6 cm³/mol. The molecule has 1 aromatic heterocycles. The van der Waals surface area contributed by atoms with Gasteiger partial charge in [-0.1, -0.05) is 0 Å². The smallest absolute Gasteiger partial charge is 0.0644 e. The molecular formula is C14H17N3. The average molecular weight is 227 g/mol. The van der Waals surface area contributed by atoms with Gasteiger partial charge in [0.25, 0.3) is 0 Å². The number of benzene rings is 1. The molecule has 0 atom stereocenters. The number of hydrogen-bond donors (Lipinski definition) is 1. The van der Waals surface area contributed by atoms with Crippen LogP contribution >= 0.6 is 0 Å². The Hall–Kier alpha value is -2.03. The fourth-order valence-corrected chi connectivity index (χ4v) is 1.82. The van der Waals surface area contributed by atoms with Crippen LogP contribution in [-0.4, -0.2) is 12.0 Å². The third-order valence-corrected chi connectivity index (χ3v) is 3.05. The minimum atomic E-state index is 0.799. The molecule has 17 heavy (non-hydrogen) atoms. The first-order valence-electron chi connectivity index (χ1n) is 5.60. The highest BCUT2D eigenvalue weighted by atomic mass is 15.1. The van der Waals surface area contributed by atoms with Crippen LogP contribution in [0.1, 0.15) is 11.1 Å². The second-order valence-electron chi connectivity index (χ2n) is 4.26. The standard InChI is InChI=1S/C14H17N3/c1-10-8-13(15)14(9-11(10)2)17(3)12-4-6-16-7-5-12/h4-9H,15H2,1-3H3. The van der Waals surface area contributed by atoms with Crippen LogP contribution in [0, 0.1) is 13.8 Å². The Bertz CT molecular complexity index is 520. The molecule has 3 nitrogen and oxygen atoms in total. The van der Waals surface area contributed by atoms with Crippen LogP contribution in [0.5, 0.6) is 0 Å². The molecule has 0 bridgehead atoms. The van der Waals surface area contributed by atoms with E-state index in [-0.39, 0.29) is 0 Å². The predicted octanol–water partition coefficient (Wildman–Crippen LogP) is 3.05. The summed E-state index contributed by atoms with van der Waals surface area (Å²) in [5, 5.41) is 0. The fourth-order valence-electron chi connectivity index (χ4n) is 1.82. The van der Waals surface area contributed by atoms with Crippen molar-refractivity contribution < 1.29 is 0 Å². The highest BCUT2D eigenvalue weighted by Crippen LogP contribution is 2.30. The van der Waals surface area contributed by atoms with E-state index in [0.29, 0.717) is 0 Å². The quantitative estimate of drug-likeness (QED) is 0.802. The molecule has 2 N–H and O–H groups in total. The van der Waals surface area contributed by atoms with Crippen LogP contribution in [0.3, 0.4) is 0 Å². The van der Waals surface area contributed by atoms with Gasteiger partial charge < -0.3 is 10.6 Å². The molecule has 0 aliphatic heterocycles. The number of pyridine rings is 1. The summed E-state index contributed by atoms with van der Waals surface area (Å²) in [6, 6.07) is 8.07. The molecule has 1 aromatic carbocycles. The number of rotatable bonds is 2. The summed E-state index contributed by atoms with van der Waals surface area (Å²) in [6.45, 7) is 4.17. The zero-order valence-corrected chi connectivity index (χ0v) is 10.4. The van der Waals surface area contributed by atoms with Crippen molar-refractivity contribution >= 4 is 17.1 Å². The van der Waals surface area contributed by atoms with E-state index in [0.717, 1.165) is 17.1 Å². The molecule has 0 saturated heterocycles. The highest BCUT2D eigenvalue weighted by Gasteiger charge is 2.08. The number of nitrogens with zero attached hydrogens (tertiary/aromatic N) is 2. The van der Waals surface area contributed by atoms with Crippen LogP contribution in [0.4, 0.5) is 17.1 Å². The van der Waals surface area contributed by atoms with Crippen molar-refractivity contribution in [1.82, 2.24) is 4.98 Å². The second kappa shape index (κ2) is 4.45. The monoisotopic (exact) mass is 227 g/mol. The summed E-state index contributed by atoms with van der Waals surface area (Å²) in [6.07, 6.45) is 3.56. The van der Waals surface area contributed by atoms with Crippen LogP contribution < -0.4 is 10.6 Å². The number of nitrogen functional groups attached to an aromatic ring is 1. The molecule has 2 rings (SSSR count). The number of anilines is 3. The summed E-state index contributed by atoms with van der Waals surface area (Å²) >= 11 is 0. The van der Waals surface area contributed by atoms with Gasteiger partial charge in [0.2, 0.25) is 0 Å². The molecule has 1 heterocycles. The lowest BCUT2D eigenvalue weighted by molar-refractivity contribution is 1.18. The van der Waals surface area contributed by atoms with Crippen LogP contribution in [0.2, 0.25) is 0 Å². The topological polar surface area (TPSA) is 42.1 Å². The Labute approximate surface area is 102 Å². The Kier molecular flexibility index (Phi) is 3.00. The van der Waals surface area contributed by atoms with E-state index < -0.39 is 0 Å². The van der Waals surface area contributed by atoms with Gasteiger partial charge in [0.15, 0.2) is 0 Å². The Morgan fingerprint density at radius 2 is 1.65 bits per heavy atom. The minimum absolute atomic E-state index is 0.799. The Morgan fingerprint density at radius 1 is 1.06 bits per heavy atom. The largest absolute Gasteiger partial charge is 0.397 e. The maximum absolute atomic E-state index is 6.07. The van der Waals surface area contributed by atoms with Gasteiger partial charge in [0.05, 0.1) is 11.4 Å². The molecule has 3 heteroatoms. The first-order chi connectivity index (χ1) is 8.09. The molecule has 2 aromatic rings. The van der Waals surface area contributed by atoms with Gasteiger partial charge in [0.1, 0.15) is 0 Å². The zero-order chi connectivity index (χ0) is 12.4. The van der Waals surface area contributed by atoms with E-state index in [9.17, 15) is 0 Å². The minimum Gasteiger partial charge on any atom is -0.397 e. The molecule has 0 fully saturated rings. The summed E-state index contributed by atoms with van der Waals surface area (Å²) in [7, 11) is 2.01. The highest BCUT2D eigenvalue weighted by molar-refractivity contribution is 5.75. The zero-order valence-electron chi connectivity index (χ0n) is 10.4. The van der Waals surface area contributed by atoms with Crippen molar-refractivity contribution in [3.8, 4) is 0 Å². The van der Waals surface area contributed by atoms with Crippen LogP contribution in [-0.2, 0) is 0 Å².